The molecule has 0 rings (SSSR count). The minimum Gasteiger partial charge on any atom is -0.447 e. The van der Waals surface area contributed by atoms with Crippen molar-refractivity contribution in [2.45, 2.75) is 6.92 Å². The molecule has 0 amide bonds. The molecule has 0 atom stereocenters. The predicted molar refractivity (Wildman–Crippen MR) is 19.9 cm³/mol. The second-order valence-corrected chi connectivity index (χ2v) is 0.768. The molecule has 0 aliphatic heterocycles. The molecule has 3 nitrogen and oxygen atoms in total. The van der Waals surface area contributed by atoms with Crippen LogP contribution in [0.1, 0.15) is 6.92 Å². The maximum absolute atomic E-state index is 9.68. The summed E-state index contributed by atoms with van der Waals surface area (Å²) in [7, 11) is 0. The van der Waals surface area contributed by atoms with Gasteiger partial charge in [0.05, 0.1) is 0 Å². The van der Waals surface area contributed by atoms with E-state index >= 15 is 0 Å². The molecule has 0 fully saturated rings. The molecule has 0 spiro atoms. The molecule has 0 aromatic heterocycles. The molecule has 0 aromatic carbocycles. The summed E-state index contributed by atoms with van der Waals surface area (Å²) in [4.78, 5) is 9.68. The number of hydrogen-bond donors (Lipinski definition) is 1. The molecule has 0 aliphatic carbocycles. The molecule has 4 heteroatoms. The number of carbonyl (C=O) groups is 1. The van der Waals surface area contributed by atoms with Crippen LogP contribution in [0.25, 0.3) is 0 Å². The van der Waals surface area contributed by atoms with E-state index in [2.05, 4.69) is 5.16 Å². The summed E-state index contributed by atoms with van der Waals surface area (Å²) in [6.45, 7) is 1.25. The summed E-state index contributed by atoms with van der Waals surface area (Å²) in [5, 5.41) is 9.87. The van der Waals surface area contributed by atoms with E-state index in [-0.39, 0.29) is 38.5 Å². The van der Waals surface area contributed by atoms with Crippen LogP contribution in [0.4, 0.5) is 0 Å². The summed E-state index contributed by atoms with van der Waals surface area (Å²) in [6, 6.07) is 0. The second-order valence-electron chi connectivity index (χ2n) is 0.768. The third kappa shape index (κ3) is 10.7. The summed E-state index contributed by atoms with van der Waals surface area (Å²) >= 11 is 0. The van der Waals surface area contributed by atoms with Crippen molar-refractivity contribution < 1.29 is 42.7 Å². The van der Waals surface area contributed by atoms with Gasteiger partial charge in [-0.25, -0.2) is 0 Å². The van der Waals surface area contributed by atoms with Crippen molar-refractivity contribution >= 4 is 12.0 Å². The van der Waals surface area contributed by atoms with Crippen LogP contribution in [-0.4, -0.2) is 17.2 Å². The quantitative estimate of drug-likeness (QED) is 0.262. The number of rotatable bonds is 1. The number of hydrogen-bond acceptors (Lipinski definition) is 3. The van der Waals surface area contributed by atoms with Crippen LogP contribution in [0, 0.1) is 0 Å². The minimum absolute atomic E-state index is 0. The van der Waals surface area contributed by atoms with Crippen LogP contribution in [0.5, 0.6) is 0 Å². The summed E-state index contributed by atoms with van der Waals surface area (Å²) in [6.07, 6.45) is 1.75. The van der Waals surface area contributed by atoms with Gasteiger partial charge in [0, 0.05) is 32.7 Å². The van der Waals surface area contributed by atoms with Crippen molar-refractivity contribution in [3.8, 4) is 0 Å². The summed E-state index contributed by atoms with van der Waals surface area (Å²) < 4.78 is 0. The summed E-state index contributed by atoms with van der Waals surface area (Å²) in [5.41, 5.74) is 0. The maximum atomic E-state index is 9.68. The fourth-order valence-electron chi connectivity index (χ4n) is 0.0704. The van der Waals surface area contributed by atoms with E-state index < -0.39 is 0 Å². The SMILES string of the molecule is CC(=O)[C-]=NO.[Y]. The van der Waals surface area contributed by atoms with Crippen molar-refractivity contribution in [1.29, 1.82) is 0 Å². The Labute approximate surface area is 66.7 Å². The first kappa shape index (κ1) is 10.3. The fraction of sp³-hybridized carbons (Fsp3) is 0.333. The molecule has 1 radical (unpaired) electrons. The molecule has 0 saturated heterocycles. The first-order valence-electron chi connectivity index (χ1n) is 1.38. The van der Waals surface area contributed by atoms with Gasteiger partial charge in [0.2, 0.25) is 0 Å². The predicted octanol–water partition coefficient (Wildman–Crippen LogP) is -0.0901. The molecule has 0 unspecified atom stereocenters. The molecule has 1 N–H and O–H groups in total. The molecule has 37 valence electrons. The third-order valence-corrected chi connectivity index (χ3v) is 0.207. The minimum atomic E-state index is -0.377. The van der Waals surface area contributed by atoms with E-state index in [0.717, 1.165) is 0 Å². The van der Waals surface area contributed by atoms with E-state index in [0.29, 0.717) is 0 Å². The first-order valence-corrected chi connectivity index (χ1v) is 1.38. The number of ketones is 1. The Hall–Kier alpha value is 0.244. The van der Waals surface area contributed by atoms with Crippen molar-refractivity contribution in [2.75, 3.05) is 0 Å². The Kier molecular flexibility index (Phi) is 9.16. The van der Waals surface area contributed by atoms with Gasteiger partial charge < -0.3 is 15.2 Å². The monoisotopic (exact) mass is 175 g/mol. The molecule has 7 heavy (non-hydrogen) atoms. The van der Waals surface area contributed by atoms with Crippen molar-refractivity contribution in [3.63, 3.8) is 0 Å². The average molecular weight is 175 g/mol. The zero-order valence-electron chi connectivity index (χ0n) is 3.88. The van der Waals surface area contributed by atoms with Gasteiger partial charge in [-0.15, -0.1) is 0 Å². The van der Waals surface area contributed by atoms with Crippen LogP contribution < -0.4 is 0 Å². The Bertz CT molecular complexity index is 81.0. The van der Waals surface area contributed by atoms with Gasteiger partial charge in [-0.1, -0.05) is 0 Å². The molecule has 0 heterocycles. The van der Waals surface area contributed by atoms with E-state index in [1.54, 1.807) is 6.21 Å². The van der Waals surface area contributed by atoms with Crippen molar-refractivity contribution in [3.05, 3.63) is 0 Å². The zero-order chi connectivity index (χ0) is 4.99. The average Bonchev–Trinajstić information content (AvgIpc) is 1.35. The Morgan fingerprint density at radius 2 is 2.29 bits per heavy atom. The van der Waals surface area contributed by atoms with Crippen LogP contribution >= 0.6 is 0 Å². The fourth-order valence-corrected chi connectivity index (χ4v) is 0.0704. The van der Waals surface area contributed by atoms with E-state index in [4.69, 9.17) is 5.21 Å². The van der Waals surface area contributed by atoms with Crippen LogP contribution in [0.2, 0.25) is 0 Å². The summed E-state index contributed by atoms with van der Waals surface area (Å²) in [5.74, 6) is -0.377. The third-order valence-electron chi connectivity index (χ3n) is 0.207. The largest absolute Gasteiger partial charge is 0.447 e. The van der Waals surface area contributed by atoms with Gasteiger partial charge in [0.1, 0.15) is 0 Å². The van der Waals surface area contributed by atoms with Gasteiger partial charge >= 0.3 is 0 Å². The van der Waals surface area contributed by atoms with E-state index in [1.165, 1.54) is 6.92 Å². The maximum Gasteiger partial charge on any atom is 0 e. The Balaban J connectivity index is 0. The van der Waals surface area contributed by atoms with Crippen molar-refractivity contribution in [1.82, 2.24) is 0 Å². The molecule has 0 aromatic rings. The molecular weight excluding hydrogens is 171 g/mol. The Morgan fingerprint density at radius 1 is 1.86 bits per heavy atom. The van der Waals surface area contributed by atoms with E-state index in [9.17, 15) is 4.79 Å². The van der Waals surface area contributed by atoms with Gasteiger partial charge in [0.15, 0.2) is 0 Å². The topological polar surface area (TPSA) is 49.7 Å². The van der Waals surface area contributed by atoms with Crippen LogP contribution in [0.15, 0.2) is 5.16 Å². The number of carbonyl (C=O) groups excluding carboxylic acids is 1. The van der Waals surface area contributed by atoms with Gasteiger partial charge in [0.25, 0.3) is 0 Å². The zero-order valence-corrected chi connectivity index (χ0v) is 6.72. The van der Waals surface area contributed by atoms with Crippen LogP contribution in [-0.2, 0) is 37.5 Å². The smallest absolute Gasteiger partial charge is 0 e. The molecular formula is C3H4NO2Y-. The number of Topliss-reactive ketones (excluding diaryl/α,β-unsaturated/α-hetero) is 1. The normalized spacial score (nSPS) is 8.14. The Morgan fingerprint density at radius 3 is 2.29 bits per heavy atom. The van der Waals surface area contributed by atoms with Crippen molar-refractivity contribution in [2.24, 2.45) is 5.16 Å². The first-order chi connectivity index (χ1) is 2.77. The molecule has 0 bridgehead atoms. The standard InChI is InChI=1S/C3H4NO2.Y/c1-3(5)2-4-6;/h6H,1H3;/q-1;. The van der Waals surface area contributed by atoms with E-state index in [1.807, 2.05) is 0 Å². The molecule has 0 aliphatic rings. The molecule has 0 saturated carbocycles. The van der Waals surface area contributed by atoms with Gasteiger partial charge in [-0.2, -0.15) is 0 Å². The van der Waals surface area contributed by atoms with Gasteiger partial charge in [-0.3, -0.25) is 6.21 Å². The van der Waals surface area contributed by atoms with Gasteiger partial charge in [-0.05, 0) is 12.7 Å². The van der Waals surface area contributed by atoms with Crippen LogP contribution in [0.3, 0.4) is 0 Å². The number of nitrogens with zero attached hydrogens (tertiary/aromatic N) is 1. The second kappa shape index (κ2) is 6.24.